The molecule has 0 fully saturated rings. The van der Waals surface area contributed by atoms with Crippen LogP contribution >= 0.6 is 11.3 Å². The Labute approximate surface area is 163 Å². The highest BCUT2D eigenvalue weighted by Crippen LogP contribution is 2.29. The third-order valence-electron chi connectivity index (χ3n) is 3.71. The van der Waals surface area contributed by atoms with Gasteiger partial charge in [-0.15, -0.1) is 11.3 Å². The zero-order valence-corrected chi connectivity index (χ0v) is 17.2. The van der Waals surface area contributed by atoms with E-state index in [-0.39, 0.29) is 11.8 Å². The van der Waals surface area contributed by atoms with Gasteiger partial charge in [0.1, 0.15) is 12.4 Å². The maximum atomic E-state index is 12.6. The minimum absolute atomic E-state index is 0.0835. The summed E-state index contributed by atoms with van der Waals surface area (Å²) in [6, 6.07) is 8.97. The highest BCUT2D eigenvalue weighted by atomic mass is 32.1. The molecule has 27 heavy (non-hydrogen) atoms. The van der Waals surface area contributed by atoms with Crippen LogP contribution in [-0.4, -0.2) is 32.1 Å². The summed E-state index contributed by atoms with van der Waals surface area (Å²) in [5.74, 6) is 0.422. The monoisotopic (exact) mass is 390 g/mol. The molecule has 2 aromatic rings. The zero-order chi connectivity index (χ0) is 20.0. The number of anilines is 2. The smallest absolute Gasteiger partial charge is 0.266 e. The Balaban J connectivity index is 2.00. The van der Waals surface area contributed by atoms with Crippen LogP contribution in [0.3, 0.4) is 0 Å². The summed E-state index contributed by atoms with van der Waals surface area (Å²) in [4.78, 5) is 25.3. The topological polar surface area (TPSA) is 76.7 Å². The van der Waals surface area contributed by atoms with Crippen molar-refractivity contribution in [3.05, 3.63) is 40.8 Å². The van der Waals surface area contributed by atoms with Gasteiger partial charge >= 0.3 is 0 Å². The molecule has 0 saturated carbocycles. The first-order valence-corrected chi connectivity index (χ1v) is 9.47. The molecular weight excluding hydrogens is 364 g/mol. The molecule has 0 aliphatic rings. The van der Waals surface area contributed by atoms with Gasteiger partial charge in [-0.25, -0.2) is 0 Å². The van der Waals surface area contributed by atoms with Gasteiger partial charge in [-0.2, -0.15) is 0 Å². The van der Waals surface area contributed by atoms with Crippen molar-refractivity contribution in [3.8, 4) is 5.75 Å². The van der Waals surface area contributed by atoms with Gasteiger partial charge in [0.2, 0.25) is 5.91 Å². The minimum atomic E-state index is -0.493. The lowest BCUT2D eigenvalue weighted by Gasteiger charge is -2.16. The fraction of sp³-hybridized carbons (Fsp3) is 0.400. The highest BCUT2D eigenvalue weighted by molar-refractivity contribution is 7.18. The summed E-state index contributed by atoms with van der Waals surface area (Å²) in [7, 11) is 1.62. The fourth-order valence-electron chi connectivity index (χ4n) is 2.13. The van der Waals surface area contributed by atoms with Crippen LogP contribution in [0, 0.1) is 12.3 Å². The average Bonchev–Trinajstić information content (AvgIpc) is 2.96. The fourth-order valence-corrected chi connectivity index (χ4v) is 3.10. The molecule has 0 radical (unpaired) electrons. The van der Waals surface area contributed by atoms with Gasteiger partial charge in [0, 0.05) is 18.2 Å². The number of benzene rings is 1. The Hall–Kier alpha value is -2.38. The molecule has 1 aromatic heterocycles. The number of nitrogens with one attached hydrogen (secondary N) is 2. The first-order valence-electron chi connectivity index (χ1n) is 8.65. The number of carbonyl (C=O) groups is 2. The van der Waals surface area contributed by atoms with E-state index < -0.39 is 5.41 Å². The van der Waals surface area contributed by atoms with Crippen molar-refractivity contribution in [1.82, 2.24) is 0 Å². The van der Waals surface area contributed by atoms with Gasteiger partial charge in [-0.1, -0.05) is 20.8 Å². The van der Waals surface area contributed by atoms with E-state index in [1.165, 1.54) is 11.3 Å². The maximum Gasteiger partial charge on any atom is 0.266 e. The van der Waals surface area contributed by atoms with Crippen molar-refractivity contribution in [2.75, 3.05) is 31.0 Å². The Morgan fingerprint density at radius 1 is 1.07 bits per heavy atom. The summed E-state index contributed by atoms with van der Waals surface area (Å²) in [6.07, 6.45) is 0. The van der Waals surface area contributed by atoms with Crippen LogP contribution in [0.15, 0.2) is 30.3 Å². The molecule has 146 valence electrons. The molecule has 2 N–H and O–H groups in total. The molecule has 0 saturated heterocycles. The summed E-state index contributed by atoms with van der Waals surface area (Å²) >= 11 is 1.27. The average molecular weight is 391 g/mol. The third-order valence-corrected chi connectivity index (χ3v) is 4.86. The third kappa shape index (κ3) is 6.08. The van der Waals surface area contributed by atoms with Crippen molar-refractivity contribution in [2.24, 2.45) is 5.41 Å². The van der Waals surface area contributed by atoms with Crippen LogP contribution in [0.25, 0.3) is 0 Å². The molecule has 0 aliphatic carbocycles. The van der Waals surface area contributed by atoms with Crippen LogP contribution in [-0.2, 0) is 9.53 Å². The number of rotatable bonds is 7. The van der Waals surface area contributed by atoms with E-state index in [0.29, 0.717) is 34.5 Å². The normalized spacial score (nSPS) is 11.1. The van der Waals surface area contributed by atoms with Crippen LogP contribution in [0.1, 0.15) is 36.0 Å². The second-order valence-electron chi connectivity index (χ2n) is 7.15. The number of methoxy groups -OCH3 is 1. The van der Waals surface area contributed by atoms with Crippen molar-refractivity contribution < 1.29 is 19.1 Å². The molecule has 7 heteroatoms. The number of amides is 2. The Kier molecular flexibility index (Phi) is 6.98. The molecule has 0 bridgehead atoms. The van der Waals surface area contributed by atoms with E-state index in [1.807, 2.05) is 33.8 Å². The quantitative estimate of drug-likeness (QED) is 0.691. The minimum Gasteiger partial charge on any atom is -0.491 e. The van der Waals surface area contributed by atoms with Gasteiger partial charge in [0.15, 0.2) is 0 Å². The van der Waals surface area contributed by atoms with Crippen LogP contribution in [0.5, 0.6) is 5.75 Å². The number of aryl methyl sites for hydroxylation is 1. The van der Waals surface area contributed by atoms with Crippen molar-refractivity contribution in [2.45, 2.75) is 27.7 Å². The van der Waals surface area contributed by atoms with Gasteiger partial charge in [0.25, 0.3) is 5.91 Å². The lowest BCUT2D eigenvalue weighted by atomic mass is 9.96. The maximum absolute atomic E-state index is 12.6. The van der Waals surface area contributed by atoms with Crippen molar-refractivity contribution >= 4 is 33.8 Å². The lowest BCUT2D eigenvalue weighted by molar-refractivity contribution is -0.123. The number of ether oxygens (including phenoxy) is 2. The number of thiophene rings is 1. The van der Waals surface area contributed by atoms with Crippen LogP contribution in [0.4, 0.5) is 10.7 Å². The lowest BCUT2D eigenvalue weighted by Crippen LogP contribution is -2.27. The van der Waals surface area contributed by atoms with E-state index in [0.717, 1.165) is 5.56 Å². The van der Waals surface area contributed by atoms with E-state index in [9.17, 15) is 9.59 Å². The molecule has 1 aromatic carbocycles. The Morgan fingerprint density at radius 3 is 2.33 bits per heavy atom. The van der Waals surface area contributed by atoms with Crippen molar-refractivity contribution in [1.29, 1.82) is 0 Å². The molecule has 6 nitrogen and oxygen atoms in total. The first-order chi connectivity index (χ1) is 12.7. The van der Waals surface area contributed by atoms with Gasteiger partial charge in [-0.3, -0.25) is 9.59 Å². The Morgan fingerprint density at radius 2 is 1.74 bits per heavy atom. The molecule has 0 spiro atoms. The van der Waals surface area contributed by atoms with Crippen molar-refractivity contribution in [3.63, 3.8) is 0 Å². The number of hydrogen-bond donors (Lipinski definition) is 2. The molecular formula is C20H26N2O4S. The highest BCUT2D eigenvalue weighted by Gasteiger charge is 2.23. The molecule has 0 aliphatic heterocycles. The zero-order valence-electron chi connectivity index (χ0n) is 16.3. The van der Waals surface area contributed by atoms with Crippen LogP contribution < -0.4 is 15.4 Å². The van der Waals surface area contributed by atoms with Gasteiger partial charge in [-0.05, 0) is 42.8 Å². The summed E-state index contributed by atoms with van der Waals surface area (Å²) < 4.78 is 10.4. The summed E-state index contributed by atoms with van der Waals surface area (Å²) in [6.45, 7) is 8.38. The molecule has 0 atom stereocenters. The van der Waals surface area contributed by atoms with E-state index >= 15 is 0 Å². The largest absolute Gasteiger partial charge is 0.491 e. The molecule has 2 amide bonds. The summed E-state index contributed by atoms with van der Waals surface area (Å²) in [5.41, 5.74) is 1.00. The summed E-state index contributed by atoms with van der Waals surface area (Å²) in [5, 5.41) is 6.40. The van der Waals surface area contributed by atoms with Gasteiger partial charge in [0.05, 0.1) is 16.5 Å². The number of hydrogen-bond acceptors (Lipinski definition) is 5. The molecule has 0 unspecified atom stereocenters. The predicted molar refractivity (Wildman–Crippen MR) is 109 cm³/mol. The SMILES string of the molecule is COCCOc1ccc(NC(=O)c2sc(NC(=O)C(C)(C)C)cc2C)cc1. The second kappa shape index (κ2) is 9.01. The van der Waals surface area contributed by atoms with E-state index in [4.69, 9.17) is 9.47 Å². The van der Waals surface area contributed by atoms with E-state index in [2.05, 4.69) is 10.6 Å². The first kappa shape index (κ1) is 20.9. The standard InChI is InChI=1S/C20H26N2O4S/c1-13-12-16(22-19(24)20(2,3)4)27-17(13)18(23)21-14-6-8-15(9-7-14)26-11-10-25-5/h6-9,12H,10-11H2,1-5H3,(H,21,23)(H,22,24). The van der Waals surface area contributed by atoms with Gasteiger partial charge < -0.3 is 20.1 Å². The predicted octanol–water partition coefficient (Wildman–Crippen LogP) is 4.32. The second-order valence-corrected chi connectivity index (χ2v) is 8.20. The number of carbonyl (C=O) groups excluding carboxylic acids is 2. The Bertz CT molecular complexity index is 791. The molecule has 1 heterocycles. The molecule has 2 rings (SSSR count). The van der Waals surface area contributed by atoms with Crippen LogP contribution in [0.2, 0.25) is 0 Å². The van der Waals surface area contributed by atoms with E-state index in [1.54, 1.807) is 31.4 Å².